The molecule has 1 aromatic heterocycles. The van der Waals surface area contributed by atoms with Crippen molar-refractivity contribution in [2.45, 2.75) is 0 Å². The van der Waals surface area contributed by atoms with Gasteiger partial charge in [0.25, 0.3) is 0 Å². The molecule has 0 N–H and O–H groups in total. The van der Waals surface area contributed by atoms with E-state index in [1.54, 1.807) is 0 Å². The second-order valence-electron chi connectivity index (χ2n) is 3.28. The van der Waals surface area contributed by atoms with Crippen molar-refractivity contribution in [3.05, 3.63) is 42.5 Å². The zero-order valence-electron chi connectivity index (χ0n) is 7.45. The molecule has 0 atom stereocenters. The number of benzene rings is 2. The summed E-state index contributed by atoms with van der Waals surface area (Å²) in [4.78, 5) is 0. The van der Waals surface area contributed by atoms with Gasteiger partial charge in [-0.3, -0.25) is 0 Å². The second kappa shape index (κ2) is 3.24. The summed E-state index contributed by atoms with van der Waals surface area (Å²) in [5.74, 6) is 0. The Morgan fingerprint density at radius 2 is 1.64 bits per heavy atom. The Labute approximate surface area is 99.6 Å². The molecule has 0 saturated heterocycles. The summed E-state index contributed by atoms with van der Waals surface area (Å²) in [6.07, 6.45) is 0. The Morgan fingerprint density at radius 1 is 0.857 bits per heavy atom. The quantitative estimate of drug-likeness (QED) is 0.560. The van der Waals surface area contributed by atoms with Gasteiger partial charge in [-0.15, -0.1) is 0 Å². The number of fused-ring (bicyclic) bond motifs is 3. The molecule has 0 spiro atoms. The van der Waals surface area contributed by atoms with Gasteiger partial charge in [-0.2, -0.15) is 0 Å². The van der Waals surface area contributed by atoms with E-state index in [2.05, 4.69) is 42.5 Å². The molecule has 0 fully saturated rings. The van der Waals surface area contributed by atoms with Crippen LogP contribution in [-0.4, -0.2) is 22.5 Å². The van der Waals surface area contributed by atoms with E-state index < -0.39 is 0 Å². The summed E-state index contributed by atoms with van der Waals surface area (Å²) in [6.45, 7) is 0. The van der Waals surface area contributed by atoms with E-state index in [9.17, 15) is 0 Å². The van der Waals surface area contributed by atoms with Gasteiger partial charge in [0.2, 0.25) is 0 Å². The summed E-state index contributed by atoms with van der Waals surface area (Å²) in [7, 11) is 0. The van der Waals surface area contributed by atoms with Crippen molar-refractivity contribution in [3.8, 4) is 0 Å². The number of rotatable bonds is 0. The third kappa shape index (κ3) is 1.19. The van der Waals surface area contributed by atoms with Crippen LogP contribution in [0.1, 0.15) is 0 Å². The molecular weight excluding hydrogens is 295 g/mol. The summed E-state index contributed by atoms with van der Waals surface area (Å²) in [6, 6.07) is 15.3. The first-order chi connectivity index (χ1) is 6.86. The fourth-order valence-electron chi connectivity index (χ4n) is 1.77. The van der Waals surface area contributed by atoms with Crippen molar-refractivity contribution < 1.29 is 0 Å². The van der Waals surface area contributed by atoms with Gasteiger partial charge in [0, 0.05) is 0 Å². The van der Waals surface area contributed by atoms with E-state index in [-0.39, 0.29) is 0 Å². The molecule has 2 aromatic carbocycles. The first-order valence-corrected chi connectivity index (χ1v) is 6.72. The molecule has 0 aliphatic rings. The van der Waals surface area contributed by atoms with Crippen LogP contribution in [0.2, 0.25) is 0 Å². The van der Waals surface area contributed by atoms with Crippen molar-refractivity contribution in [1.82, 2.24) is 0 Å². The van der Waals surface area contributed by atoms with Crippen LogP contribution in [-0.2, 0) is 0 Å². The Morgan fingerprint density at radius 3 is 2.57 bits per heavy atom. The van der Waals surface area contributed by atoms with Gasteiger partial charge < -0.3 is 0 Å². The normalized spacial score (nSPS) is 11.2. The van der Waals surface area contributed by atoms with Crippen LogP contribution >= 0.6 is 11.3 Å². The van der Waals surface area contributed by atoms with E-state index >= 15 is 0 Å². The van der Waals surface area contributed by atoms with Crippen molar-refractivity contribution in [1.29, 1.82) is 0 Å². The molecule has 0 saturated carbocycles. The zero-order chi connectivity index (χ0) is 9.54. The standard InChI is InChI=1S/C12H7S.Sn/c1-3-7-11-9(5-1)10-6-2-4-8-12(10)13-11;/h1-5,7-8H;. The zero-order valence-corrected chi connectivity index (χ0v) is 11.1. The van der Waals surface area contributed by atoms with E-state index in [1.807, 2.05) is 11.3 Å². The van der Waals surface area contributed by atoms with Crippen LogP contribution < -0.4 is 3.58 Å². The molecule has 0 bridgehead atoms. The summed E-state index contributed by atoms with van der Waals surface area (Å²) < 4.78 is 4.28. The minimum atomic E-state index is 1.40. The molecule has 2 heteroatoms. The van der Waals surface area contributed by atoms with Gasteiger partial charge in [-0.25, -0.2) is 0 Å². The fraction of sp³-hybridized carbons (Fsp3) is 0. The molecule has 0 unspecified atom stereocenters. The third-order valence-electron chi connectivity index (χ3n) is 2.40. The molecule has 0 aliphatic carbocycles. The molecule has 3 rings (SSSR count). The first-order valence-electron chi connectivity index (χ1n) is 4.48. The van der Waals surface area contributed by atoms with Gasteiger partial charge in [0.15, 0.2) is 0 Å². The van der Waals surface area contributed by atoms with Crippen molar-refractivity contribution in [3.63, 3.8) is 0 Å². The monoisotopic (exact) mass is 303 g/mol. The van der Waals surface area contributed by atoms with Gasteiger partial charge in [-0.05, 0) is 0 Å². The van der Waals surface area contributed by atoms with Crippen molar-refractivity contribution >= 4 is 57.6 Å². The van der Waals surface area contributed by atoms with Gasteiger partial charge in [0.05, 0.1) is 0 Å². The molecule has 14 heavy (non-hydrogen) atoms. The van der Waals surface area contributed by atoms with Crippen molar-refractivity contribution in [2.24, 2.45) is 0 Å². The average molecular weight is 302 g/mol. The maximum absolute atomic E-state index is 2.22. The predicted octanol–water partition coefficient (Wildman–Crippen LogP) is 2.85. The van der Waals surface area contributed by atoms with E-state index in [1.165, 1.54) is 46.3 Å². The van der Waals surface area contributed by atoms with E-state index in [0.717, 1.165) is 0 Å². The molecule has 65 valence electrons. The summed E-state index contributed by atoms with van der Waals surface area (Å²) in [5.41, 5.74) is 0. The molecular formula is C12H7SSn. The molecule has 3 aromatic rings. The SMILES string of the molecule is [Sn][c]1cccc2sc3ccccc3c12. The van der Waals surface area contributed by atoms with Crippen LogP contribution in [0.15, 0.2) is 42.5 Å². The van der Waals surface area contributed by atoms with Crippen LogP contribution in [0, 0.1) is 0 Å². The van der Waals surface area contributed by atoms with Crippen molar-refractivity contribution in [2.75, 3.05) is 0 Å². The van der Waals surface area contributed by atoms with Gasteiger partial charge >= 0.3 is 100 Å². The maximum atomic E-state index is 2.22. The molecule has 0 amide bonds. The number of hydrogen-bond acceptors (Lipinski definition) is 1. The van der Waals surface area contributed by atoms with E-state index in [4.69, 9.17) is 0 Å². The topological polar surface area (TPSA) is 0 Å². The molecule has 3 radical (unpaired) electrons. The average Bonchev–Trinajstić information content (AvgIpc) is 2.57. The first kappa shape index (κ1) is 8.74. The Kier molecular flexibility index (Phi) is 2.03. The Balaban J connectivity index is 2.65. The minimum absolute atomic E-state index is 1.40. The predicted molar refractivity (Wildman–Crippen MR) is 64.7 cm³/mol. The molecule has 0 aliphatic heterocycles. The van der Waals surface area contributed by atoms with E-state index in [0.29, 0.717) is 0 Å². The van der Waals surface area contributed by atoms with Crippen LogP contribution in [0.5, 0.6) is 0 Å². The van der Waals surface area contributed by atoms with Gasteiger partial charge in [-0.1, -0.05) is 0 Å². The third-order valence-corrected chi connectivity index (χ3v) is 4.73. The Hall–Kier alpha value is -0.541. The molecule has 1 heterocycles. The van der Waals surface area contributed by atoms with Crippen LogP contribution in [0.25, 0.3) is 20.2 Å². The number of hydrogen-bond donors (Lipinski definition) is 0. The number of thiophene rings is 1. The molecule has 0 nitrogen and oxygen atoms in total. The Bertz CT molecular complexity index is 610. The summed E-state index contributed by atoms with van der Waals surface area (Å²) in [5, 5.41) is 2.88. The van der Waals surface area contributed by atoms with Crippen LogP contribution in [0.3, 0.4) is 0 Å². The van der Waals surface area contributed by atoms with Crippen LogP contribution in [0.4, 0.5) is 0 Å². The fourth-order valence-corrected chi connectivity index (χ4v) is 4.21. The second-order valence-corrected chi connectivity index (χ2v) is 5.90. The van der Waals surface area contributed by atoms with Gasteiger partial charge in [0.1, 0.15) is 0 Å². The summed E-state index contributed by atoms with van der Waals surface area (Å²) >= 11 is 3.39.